The second-order valence-corrected chi connectivity index (χ2v) is 9.47. The molecule has 0 atom stereocenters. The summed E-state index contributed by atoms with van der Waals surface area (Å²) in [6, 6.07) is 8.80. The highest BCUT2D eigenvalue weighted by atomic mass is 79.9. The summed E-state index contributed by atoms with van der Waals surface area (Å²) in [6.07, 6.45) is 2.86. The Labute approximate surface area is 210 Å². The van der Waals surface area contributed by atoms with Gasteiger partial charge in [0, 0.05) is 23.6 Å². The van der Waals surface area contributed by atoms with Crippen molar-refractivity contribution in [2.75, 3.05) is 21.0 Å². The standard InChI is InChI=1S/C28H30NO4.BrH/c1-6-16-12-19-18-7-8-21(30-4)27(31-5)25(18)20(11-15(2)3)29-10-9-17-13-22-28(33-14-32-22)24(16)23(17)26(19)29;/h7-8,12-13,15H,6,9-11,14H2,1-5H3;1H/q+1;/p-1. The molecule has 178 valence electrons. The van der Waals surface area contributed by atoms with Crippen molar-refractivity contribution in [3.63, 3.8) is 0 Å². The highest BCUT2D eigenvalue weighted by Gasteiger charge is 2.34. The minimum atomic E-state index is 0. The van der Waals surface area contributed by atoms with Crippen LogP contribution in [0.25, 0.3) is 32.4 Å². The summed E-state index contributed by atoms with van der Waals surface area (Å²) in [7, 11) is 3.45. The SMILES string of the molecule is CCc1cc2c3ccc(OC)c(OC)c3c(CC(C)C)[n+]3c2c2c(cc4c(c12)OCO4)CC3.[Br-]. The van der Waals surface area contributed by atoms with Crippen LogP contribution < -0.4 is 40.5 Å². The molecule has 6 rings (SSSR count). The van der Waals surface area contributed by atoms with Crippen LogP contribution in [0.5, 0.6) is 23.0 Å². The minimum absolute atomic E-state index is 0. The zero-order valence-corrected chi connectivity index (χ0v) is 22.0. The lowest BCUT2D eigenvalue weighted by Gasteiger charge is -2.22. The van der Waals surface area contributed by atoms with Gasteiger partial charge >= 0.3 is 0 Å². The average molecular weight is 524 g/mol. The largest absolute Gasteiger partial charge is 1.00 e. The molecule has 0 spiro atoms. The molecular weight excluding hydrogens is 494 g/mol. The Hall–Kier alpha value is -2.73. The van der Waals surface area contributed by atoms with Crippen molar-refractivity contribution < 1.29 is 40.5 Å². The van der Waals surface area contributed by atoms with Crippen LogP contribution in [-0.2, 0) is 25.8 Å². The van der Waals surface area contributed by atoms with E-state index in [0.717, 1.165) is 48.8 Å². The number of hydrogen-bond donors (Lipinski definition) is 0. The number of pyridine rings is 1. The predicted molar refractivity (Wildman–Crippen MR) is 130 cm³/mol. The normalized spacial score (nSPS) is 13.8. The summed E-state index contributed by atoms with van der Waals surface area (Å²) in [6.45, 7) is 8.00. The molecule has 0 aliphatic carbocycles. The quantitative estimate of drug-likeness (QED) is 0.297. The van der Waals surface area contributed by atoms with Crippen LogP contribution in [0.15, 0.2) is 24.3 Å². The van der Waals surface area contributed by atoms with Gasteiger partial charge < -0.3 is 35.9 Å². The molecule has 0 radical (unpaired) electrons. The van der Waals surface area contributed by atoms with Gasteiger partial charge in [0.2, 0.25) is 12.3 Å². The van der Waals surface area contributed by atoms with Crippen LogP contribution in [0.4, 0.5) is 0 Å². The number of fused-ring (bicyclic) bond motifs is 4. The Kier molecular flexibility index (Phi) is 5.75. The van der Waals surface area contributed by atoms with E-state index in [1.807, 2.05) is 6.07 Å². The first-order valence-electron chi connectivity index (χ1n) is 11.9. The van der Waals surface area contributed by atoms with Crippen LogP contribution in [0, 0.1) is 5.92 Å². The third kappa shape index (κ3) is 3.07. The lowest BCUT2D eigenvalue weighted by molar-refractivity contribution is -0.677. The highest BCUT2D eigenvalue weighted by molar-refractivity contribution is 6.19. The van der Waals surface area contributed by atoms with Crippen LogP contribution in [0.1, 0.15) is 37.6 Å². The number of hydrogen-bond acceptors (Lipinski definition) is 4. The van der Waals surface area contributed by atoms with E-state index in [-0.39, 0.29) is 17.0 Å². The van der Waals surface area contributed by atoms with E-state index in [4.69, 9.17) is 18.9 Å². The number of benzene rings is 3. The molecule has 0 fully saturated rings. The summed E-state index contributed by atoms with van der Waals surface area (Å²) in [5.74, 6) is 3.90. The van der Waals surface area contributed by atoms with Crippen molar-refractivity contribution in [1.29, 1.82) is 0 Å². The van der Waals surface area contributed by atoms with E-state index >= 15 is 0 Å². The second-order valence-electron chi connectivity index (χ2n) is 9.47. The van der Waals surface area contributed by atoms with Crippen molar-refractivity contribution in [3.05, 3.63) is 41.1 Å². The smallest absolute Gasteiger partial charge is 0.231 e. The van der Waals surface area contributed by atoms with Crippen molar-refractivity contribution in [1.82, 2.24) is 0 Å². The number of aromatic nitrogens is 1. The molecule has 0 unspecified atom stereocenters. The summed E-state index contributed by atoms with van der Waals surface area (Å²) in [5, 5.41) is 6.20. The maximum Gasteiger partial charge on any atom is 0.231 e. The number of methoxy groups -OCH3 is 2. The molecule has 0 amide bonds. The fourth-order valence-electron chi connectivity index (χ4n) is 5.87. The number of aryl methyl sites for hydroxylation is 3. The Morgan fingerprint density at radius 3 is 2.53 bits per heavy atom. The van der Waals surface area contributed by atoms with Gasteiger partial charge in [-0.05, 0) is 47.7 Å². The molecule has 2 aliphatic heterocycles. The van der Waals surface area contributed by atoms with Gasteiger partial charge in [0.25, 0.3) is 0 Å². The van der Waals surface area contributed by atoms with Crippen molar-refractivity contribution in [2.24, 2.45) is 5.92 Å². The predicted octanol–water partition coefficient (Wildman–Crippen LogP) is 2.50. The van der Waals surface area contributed by atoms with Gasteiger partial charge in [0.05, 0.1) is 30.4 Å². The first-order valence-corrected chi connectivity index (χ1v) is 11.9. The minimum Gasteiger partial charge on any atom is -1.00 e. The monoisotopic (exact) mass is 523 g/mol. The lowest BCUT2D eigenvalue weighted by Crippen LogP contribution is -3.00. The van der Waals surface area contributed by atoms with Crippen molar-refractivity contribution in [2.45, 2.75) is 46.6 Å². The third-order valence-corrected chi connectivity index (χ3v) is 7.18. The third-order valence-electron chi connectivity index (χ3n) is 7.18. The van der Waals surface area contributed by atoms with Gasteiger partial charge in [-0.1, -0.05) is 20.8 Å². The molecule has 3 heterocycles. The van der Waals surface area contributed by atoms with Crippen LogP contribution in [0.2, 0.25) is 0 Å². The first-order chi connectivity index (χ1) is 16.1. The zero-order valence-electron chi connectivity index (χ0n) is 20.4. The average Bonchev–Trinajstić information content (AvgIpc) is 3.30. The van der Waals surface area contributed by atoms with E-state index in [1.54, 1.807) is 14.2 Å². The van der Waals surface area contributed by atoms with Crippen LogP contribution >= 0.6 is 0 Å². The van der Waals surface area contributed by atoms with Gasteiger partial charge in [-0.15, -0.1) is 0 Å². The molecule has 34 heavy (non-hydrogen) atoms. The molecule has 5 nitrogen and oxygen atoms in total. The van der Waals surface area contributed by atoms with E-state index in [0.29, 0.717) is 12.7 Å². The number of halogens is 1. The maximum absolute atomic E-state index is 6.00. The number of nitrogens with zero attached hydrogens (tertiary/aromatic N) is 1. The van der Waals surface area contributed by atoms with E-state index in [2.05, 4.69) is 43.5 Å². The summed E-state index contributed by atoms with van der Waals surface area (Å²) in [5.41, 5.74) is 5.27. The Bertz CT molecular complexity index is 1460. The van der Waals surface area contributed by atoms with Gasteiger partial charge in [-0.2, -0.15) is 4.57 Å². The molecule has 1 aromatic heterocycles. The molecule has 2 aliphatic rings. The van der Waals surface area contributed by atoms with E-state index < -0.39 is 0 Å². The van der Waals surface area contributed by atoms with Crippen LogP contribution in [0.3, 0.4) is 0 Å². The Morgan fingerprint density at radius 1 is 1.00 bits per heavy atom. The number of ether oxygens (including phenoxy) is 4. The van der Waals surface area contributed by atoms with Gasteiger partial charge in [0.15, 0.2) is 35.2 Å². The lowest BCUT2D eigenvalue weighted by atomic mass is 9.87. The first kappa shape index (κ1) is 23.0. The Balaban J connectivity index is 0.00000241. The molecule has 0 saturated heterocycles. The Morgan fingerprint density at radius 2 is 1.82 bits per heavy atom. The molecule has 3 aromatic carbocycles. The van der Waals surface area contributed by atoms with E-state index in [9.17, 15) is 0 Å². The molecule has 0 saturated carbocycles. The maximum atomic E-state index is 6.00. The summed E-state index contributed by atoms with van der Waals surface area (Å²) in [4.78, 5) is 0. The van der Waals surface area contributed by atoms with Gasteiger partial charge in [-0.3, -0.25) is 0 Å². The topological polar surface area (TPSA) is 40.8 Å². The van der Waals surface area contributed by atoms with Gasteiger partial charge in [-0.25, -0.2) is 0 Å². The van der Waals surface area contributed by atoms with Gasteiger partial charge in [0.1, 0.15) is 0 Å². The molecule has 6 heteroatoms. The van der Waals surface area contributed by atoms with Crippen molar-refractivity contribution >= 4 is 32.4 Å². The summed E-state index contributed by atoms with van der Waals surface area (Å²) < 4.78 is 26.0. The second kappa shape index (κ2) is 8.49. The highest BCUT2D eigenvalue weighted by Crippen LogP contribution is 2.48. The van der Waals surface area contributed by atoms with Crippen molar-refractivity contribution in [3.8, 4) is 23.0 Å². The molecular formula is C28H30BrNO4. The molecule has 0 bridgehead atoms. The summed E-state index contributed by atoms with van der Waals surface area (Å²) >= 11 is 0. The van der Waals surface area contributed by atoms with Crippen LogP contribution in [-0.4, -0.2) is 21.0 Å². The molecule has 4 aromatic rings. The molecule has 0 N–H and O–H groups in total. The number of rotatable bonds is 5. The van der Waals surface area contributed by atoms with E-state index in [1.165, 1.54) is 49.3 Å². The fraction of sp³-hybridized carbons (Fsp3) is 0.393. The zero-order chi connectivity index (χ0) is 22.9. The fourth-order valence-corrected chi connectivity index (χ4v) is 5.87.